The van der Waals surface area contributed by atoms with Gasteiger partial charge in [0.2, 0.25) is 0 Å². The van der Waals surface area contributed by atoms with E-state index in [1.165, 1.54) is 0 Å². The molecular formula is C14H17ClINO2. The molecule has 1 aromatic rings. The van der Waals surface area contributed by atoms with Crippen LogP contribution in [0, 0.1) is 3.57 Å². The fourth-order valence-electron chi connectivity index (χ4n) is 2.35. The van der Waals surface area contributed by atoms with E-state index >= 15 is 0 Å². The van der Waals surface area contributed by atoms with Crippen molar-refractivity contribution in [2.45, 2.75) is 44.2 Å². The molecule has 0 aromatic heterocycles. The van der Waals surface area contributed by atoms with Gasteiger partial charge >= 0.3 is 0 Å². The summed E-state index contributed by atoms with van der Waals surface area (Å²) in [5.74, 6) is -0.163. The van der Waals surface area contributed by atoms with Gasteiger partial charge in [-0.1, -0.05) is 30.9 Å². The van der Waals surface area contributed by atoms with Crippen molar-refractivity contribution < 1.29 is 9.90 Å². The molecule has 1 amide bonds. The zero-order valence-electron chi connectivity index (χ0n) is 10.5. The van der Waals surface area contributed by atoms with E-state index < -0.39 is 6.10 Å². The van der Waals surface area contributed by atoms with Crippen LogP contribution in [0.4, 0.5) is 0 Å². The second-order valence-electron chi connectivity index (χ2n) is 4.91. The lowest BCUT2D eigenvalue weighted by Gasteiger charge is -2.21. The van der Waals surface area contributed by atoms with Crippen LogP contribution in [0.25, 0.3) is 0 Å². The number of hydrogen-bond acceptors (Lipinski definition) is 2. The van der Waals surface area contributed by atoms with E-state index in [1.807, 2.05) is 6.07 Å². The fraction of sp³-hybridized carbons (Fsp3) is 0.500. The molecule has 104 valence electrons. The molecule has 1 saturated carbocycles. The number of hydrogen-bond donors (Lipinski definition) is 2. The lowest BCUT2D eigenvalue weighted by Crippen LogP contribution is -2.42. The largest absolute Gasteiger partial charge is 0.391 e. The average molecular weight is 394 g/mol. The van der Waals surface area contributed by atoms with Gasteiger partial charge in [0.05, 0.1) is 17.2 Å². The Bertz CT molecular complexity index is 467. The zero-order valence-corrected chi connectivity index (χ0v) is 13.4. The van der Waals surface area contributed by atoms with Crippen LogP contribution in [0.2, 0.25) is 5.02 Å². The third-order valence-corrected chi connectivity index (χ3v) is 5.05. The number of aliphatic hydroxyl groups excluding tert-OH is 1. The molecule has 0 aliphatic heterocycles. The third kappa shape index (κ3) is 4.07. The van der Waals surface area contributed by atoms with Gasteiger partial charge in [-0.2, -0.15) is 0 Å². The van der Waals surface area contributed by atoms with E-state index in [9.17, 15) is 9.90 Å². The summed E-state index contributed by atoms with van der Waals surface area (Å²) in [5, 5.41) is 13.5. The quantitative estimate of drug-likeness (QED) is 0.598. The smallest absolute Gasteiger partial charge is 0.251 e. The Kier molecular flexibility index (Phi) is 5.47. The van der Waals surface area contributed by atoms with Crippen LogP contribution in [0.15, 0.2) is 18.2 Å². The Morgan fingerprint density at radius 2 is 2.05 bits per heavy atom. The highest BCUT2D eigenvalue weighted by atomic mass is 127. The summed E-state index contributed by atoms with van der Waals surface area (Å²) in [7, 11) is 0. The van der Waals surface area contributed by atoms with Crippen LogP contribution < -0.4 is 5.32 Å². The molecule has 19 heavy (non-hydrogen) atoms. The standard InChI is InChI=1S/C14H17ClINO2/c15-10-8-9(6-7-11(10)16)14(19)17-12-4-2-1-3-5-13(12)18/h6-8,12-13,18H,1-5H2,(H,17,19). The topological polar surface area (TPSA) is 49.3 Å². The number of carbonyl (C=O) groups is 1. The first-order chi connectivity index (χ1) is 9.08. The van der Waals surface area contributed by atoms with Crippen LogP contribution in [0.5, 0.6) is 0 Å². The highest BCUT2D eigenvalue weighted by Crippen LogP contribution is 2.21. The molecule has 0 bridgehead atoms. The van der Waals surface area contributed by atoms with Crippen molar-refractivity contribution in [2.75, 3.05) is 0 Å². The summed E-state index contributed by atoms with van der Waals surface area (Å²) in [6, 6.07) is 5.10. The molecule has 2 unspecified atom stereocenters. The van der Waals surface area contributed by atoms with Crippen molar-refractivity contribution in [3.8, 4) is 0 Å². The SMILES string of the molecule is O=C(NC1CCCCCC1O)c1ccc(I)c(Cl)c1. The summed E-state index contributed by atoms with van der Waals surface area (Å²) in [5.41, 5.74) is 0.543. The summed E-state index contributed by atoms with van der Waals surface area (Å²) in [6.45, 7) is 0. The number of carbonyl (C=O) groups excluding carboxylic acids is 1. The van der Waals surface area contributed by atoms with Gasteiger partial charge in [0.1, 0.15) is 0 Å². The normalized spacial score (nSPS) is 23.7. The molecule has 3 nitrogen and oxygen atoms in total. The molecule has 2 atom stereocenters. The monoisotopic (exact) mass is 393 g/mol. The van der Waals surface area contributed by atoms with Crippen molar-refractivity contribution in [3.63, 3.8) is 0 Å². The minimum absolute atomic E-state index is 0.145. The van der Waals surface area contributed by atoms with Gasteiger partial charge in [-0.25, -0.2) is 0 Å². The van der Waals surface area contributed by atoms with Crippen molar-refractivity contribution >= 4 is 40.1 Å². The number of nitrogens with one attached hydrogen (secondary N) is 1. The molecular weight excluding hydrogens is 377 g/mol. The van der Waals surface area contributed by atoms with E-state index in [-0.39, 0.29) is 11.9 Å². The first kappa shape index (κ1) is 15.1. The van der Waals surface area contributed by atoms with Gasteiger partial charge in [0, 0.05) is 9.13 Å². The van der Waals surface area contributed by atoms with E-state index in [0.717, 1.165) is 35.7 Å². The van der Waals surface area contributed by atoms with Crippen molar-refractivity contribution in [2.24, 2.45) is 0 Å². The lowest BCUT2D eigenvalue weighted by molar-refractivity contribution is 0.0819. The molecule has 1 aliphatic carbocycles. The lowest BCUT2D eigenvalue weighted by atomic mass is 10.1. The molecule has 5 heteroatoms. The van der Waals surface area contributed by atoms with Crippen LogP contribution in [0.1, 0.15) is 42.5 Å². The summed E-state index contributed by atoms with van der Waals surface area (Å²) < 4.78 is 0.922. The van der Waals surface area contributed by atoms with E-state index in [2.05, 4.69) is 27.9 Å². The van der Waals surface area contributed by atoms with E-state index in [0.29, 0.717) is 10.6 Å². The van der Waals surface area contributed by atoms with Crippen molar-refractivity contribution in [1.29, 1.82) is 0 Å². The molecule has 1 fully saturated rings. The Morgan fingerprint density at radius 1 is 1.32 bits per heavy atom. The Labute approximate surface area is 131 Å². The molecule has 0 saturated heterocycles. The minimum atomic E-state index is -0.439. The predicted molar refractivity (Wildman–Crippen MR) is 84.5 cm³/mol. The second kappa shape index (κ2) is 6.90. The van der Waals surface area contributed by atoms with Crippen molar-refractivity contribution in [3.05, 3.63) is 32.4 Å². The third-order valence-electron chi connectivity index (χ3n) is 3.48. The number of rotatable bonds is 2. The first-order valence-corrected chi connectivity index (χ1v) is 7.97. The molecule has 1 aliphatic rings. The predicted octanol–water partition coefficient (Wildman–Crippen LogP) is 3.37. The Balaban J connectivity index is 2.05. The molecule has 2 N–H and O–H groups in total. The highest BCUT2D eigenvalue weighted by molar-refractivity contribution is 14.1. The maximum absolute atomic E-state index is 12.2. The molecule has 0 heterocycles. The molecule has 2 rings (SSSR count). The number of benzene rings is 1. The first-order valence-electron chi connectivity index (χ1n) is 6.52. The van der Waals surface area contributed by atoms with Crippen LogP contribution in [-0.4, -0.2) is 23.2 Å². The van der Waals surface area contributed by atoms with Crippen molar-refractivity contribution in [1.82, 2.24) is 5.32 Å². The van der Waals surface area contributed by atoms with E-state index in [4.69, 9.17) is 11.6 Å². The average Bonchev–Trinajstić information content (AvgIpc) is 2.58. The maximum Gasteiger partial charge on any atom is 0.251 e. The van der Waals surface area contributed by atoms with Crippen LogP contribution in [-0.2, 0) is 0 Å². The molecule has 1 aromatic carbocycles. The molecule has 0 spiro atoms. The van der Waals surface area contributed by atoms with Gasteiger partial charge in [-0.3, -0.25) is 4.79 Å². The summed E-state index contributed by atoms with van der Waals surface area (Å²) in [6.07, 6.45) is 4.37. The highest BCUT2D eigenvalue weighted by Gasteiger charge is 2.23. The Morgan fingerprint density at radius 3 is 2.79 bits per heavy atom. The van der Waals surface area contributed by atoms with E-state index in [1.54, 1.807) is 12.1 Å². The Hall–Kier alpha value is -0.330. The van der Waals surface area contributed by atoms with Gasteiger partial charge < -0.3 is 10.4 Å². The minimum Gasteiger partial charge on any atom is -0.391 e. The van der Waals surface area contributed by atoms with Gasteiger partial charge in [-0.05, 0) is 53.6 Å². The number of amides is 1. The molecule has 0 radical (unpaired) electrons. The van der Waals surface area contributed by atoms with Gasteiger partial charge in [0.15, 0.2) is 0 Å². The fourth-order valence-corrected chi connectivity index (χ4v) is 2.86. The zero-order chi connectivity index (χ0) is 13.8. The maximum atomic E-state index is 12.2. The van der Waals surface area contributed by atoms with Gasteiger partial charge in [0.25, 0.3) is 5.91 Å². The second-order valence-corrected chi connectivity index (χ2v) is 6.48. The van der Waals surface area contributed by atoms with Crippen LogP contribution >= 0.6 is 34.2 Å². The summed E-state index contributed by atoms with van der Waals surface area (Å²) in [4.78, 5) is 12.2. The van der Waals surface area contributed by atoms with Crippen LogP contribution in [0.3, 0.4) is 0 Å². The summed E-state index contributed by atoms with van der Waals surface area (Å²) >= 11 is 8.14. The number of aliphatic hydroxyl groups is 1. The van der Waals surface area contributed by atoms with Gasteiger partial charge in [-0.15, -0.1) is 0 Å². The number of halogens is 2.